The molecule has 0 atom stereocenters. The van der Waals surface area contributed by atoms with Gasteiger partial charge in [0.25, 0.3) is 5.91 Å². The van der Waals surface area contributed by atoms with Crippen LogP contribution in [-0.4, -0.2) is 52.9 Å². The number of carbonyl (C=O) groups excluding carboxylic acids is 2. The largest absolute Gasteiger partial charge is 0.507 e. The van der Waals surface area contributed by atoms with Crippen molar-refractivity contribution in [3.63, 3.8) is 0 Å². The molecule has 0 unspecified atom stereocenters. The van der Waals surface area contributed by atoms with Crippen molar-refractivity contribution in [2.45, 2.75) is 16.7 Å². The lowest BCUT2D eigenvalue weighted by molar-refractivity contribution is -0.135. The highest BCUT2D eigenvalue weighted by Gasteiger charge is 2.24. The van der Waals surface area contributed by atoms with E-state index in [-0.39, 0.29) is 17.6 Å². The molecule has 8 heteroatoms. The normalized spacial score (nSPS) is 14.0. The zero-order valence-electron chi connectivity index (χ0n) is 16.0. The van der Waals surface area contributed by atoms with Crippen molar-refractivity contribution < 1.29 is 14.7 Å². The molecule has 1 aliphatic rings. The van der Waals surface area contributed by atoms with Gasteiger partial charge in [0.1, 0.15) is 5.75 Å². The second-order valence-electron chi connectivity index (χ2n) is 6.75. The predicted molar refractivity (Wildman–Crippen MR) is 116 cm³/mol. The zero-order chi connectivity index (χ0) is 21.1. The van der Waals surface area contributed by atoms with Gasteiger partial charge in [-0.25, -0.2) is 0 Å². The number of aromatic hydroxyl groups is 1. The van der Waals surface area contributed by atoms with E-state index in [2.05, 4.69) is 6.58 Å². The van der Waals surface area contributed by atoms with Gasteiger partial charge in [-0.2, -0.15) is 0 Å². The number of amides is 2. The fraction of sp³-hybridized carbons (Fsp3) is 0.238. The Labute approximate surface area is 178 Å². The molecule has 2 aromatic rings. The monoisotopic (exact) mass is 431 g/mol. The summed E-state index contributed by atoms with van der Waals surface area (Å²) in [5.74, 6) is -0.0665. The molecule has 1 saturated heterocycles. The van der Waals surface area contributed by atoms with Crippen LogP contribution in [0, 0.1) is 0 Å². The van der Waals surface area contributed by atoms with Crippen LogP contribution in [-0.2, 0) is 9.59 Å². The molecular weight excluding hydrogens is 410 g/mol. The molecular formula is C21H22ClN3O3S. The molecule has 0 aliphatic carbocycles. The Balaban J connectivity index is 1.70. The first-order chi connectivity index (χ1) is 13.8. The Morgan fingerprint density at radius 1 is 1.07 bits per heavy atom. The average Bonchev–Trinajstić information content (AvgIpc) is 2.70. The van der Waals surface area contributed by atoms with E-state index in [0.717, 1.165) is 4.90 Å². The van der Waals surface area contributed by atoms with Crippen molar-refractivity contribution in [3.8, 4) is 5.75 Å². The summed E-state index contributed by atoms with van der Waals surface area (Å²) in [5, 5.41) is 10.5. The van der Waals surface area contributed by atoms with Crippen LogP contribution < -0.4 is 5.73 Å². The van der Waals surface area contributed by atoms with E-state index in [0.29, 0.717) is 52.9 Å². The summed E-state index contributed by atoms with van der Waals surface area (Å²) < 4.78 is 0. The summed E-state index contributed by atoms with van der Waals surface area (Å²) >= 11 is 7.72. The van der Waals surface area contributed by atoms with E-state index in [1.807, 2.05) is 0 Å². The van der Waals surface area contributed by atoms with Crippen molar-refractivity contribution in [1.82, 2.24) is 9.80 Å². The second kappa shape index (κ2) is 8.80. The predicted octanol–water partition coefficient (Wildman–Crippen LogP) is 3.48. The van der Waals surface area contributed by atoms with E-state index in [1.54, 1.807) is 40.1 Å². The van der Waals surface area contributed by atoms with Crippen molar-refractivity contribution in [2.24, 2.45) is 0 Å². The molecule has 1 fully saturated rings. The molecule has 29 heavy (non-hydrogen) atoms. The van der Waals surface area contributed by atoms with Gasteiger partial charge < -0.3 is 20.6 Å². The van der Waals surface area contributed by atoms with E-state index in [1.165, 1.54) is 24.8 Å². The molecule has 3 N–H and O–H groups in total. The number of nitrogens with zero attached hydrogens (tertiary/aromatic N) is 2. The molecule has 0 bridgehead atoms. The van der Waals surface area contributed by atoms with Crippen LogP contribution in [0.1, 0.15) is 12.5 Å². The first-order valence-electron chi connectivity index (χ1n) is 9.06. The summed E-state index contributed by atoms with van der Waals surface area (Å²) in [5.41, 5.74) is 7.13. The first-order valence-corrected chi connectivity index (χ1v) is 10.3. The molecule has 6 nitrogen and oxygen atoms in total. The maximum absolute atomic E-state index is 12.8. The van der Waals surface area contributed by atoms with Crippen LogP contribution in [0.25, 0.3) is 5.57 Å². The standard InChI is InChI=1S/C21H22ClN3O3S/c1-13(21(28)25-9-7-24(8-10-25)14(2)26)15-3-5-19(17(22)11-15)29-20-6-4-16(23)12-18(20)27/h3-6,11-12,27H,1,7-10,23H2,2H3. The number of phenols is 1. The number of carbonyl (C=O) groups is 2. The van der Waals surface area contributed by atoms with Gasteiger partial charge >= 0.3 is 0 Å². The molecule has 1 heterocycles. The second-order valence-corrected chi connectivity index (χ2v) is 8.24. The third-order valence-corrected chi connectivity index (χ3v) is 6.32. The fourth-order valence-electron chi connectivity index (χ4n) is 3.05. The van der Waals surface area contributed by atoms with Crippen molar-refractivity contribution in [2.75, 3.05) is 31.9 Å². The Hall–Kier alpha value is -2.64. The summed E-state index contributed by atoms with van der Waals surface area (Å²) in [7, 11) is 0. The lowest BCUT2D eigenvalue weighted by atomic mass is 10.1. The molecule has 0 aromatic heterocycles. The van der Waals surface area contributed by atoms with Crippen molar-refractivity contribution in [3.05, 3.63) is 53.6 Å². The van der Waals surface area contributed by atoms with Gasteiger partial charge in [-0.05, 0) is 29.8 Å². The molecule has 2 amide bonds. The average molecular weight is 432 g/mol. The SMILES string of the molecule is C=C(C(=O)N1CCN(C(C)=O)CC1)c1ccc(Sc2ccc(N)cc2O)c(Cl)c1. The number of rotatable bonds is 4. The summed E-state index contributed by atoms with van der Waals surface area (Å²) in [6, 6.07) is 10.2. The fourth-order valence-corrected chi connectivity index (χ4v) is 4.17. The van der Waals surface area contributed by atoms with Crippen LogP contribution in [0.3, 0.4) is 0 Å². The maximum Gasteiger partial charge on any atom is 0.253 e. The Bertz CT molecular complexity index is 972. The quantitative estimate of drug-likeness (QED) is 0.571. The molecule has 1 aliphatic heterocycles. The number of nitrogens with two attached hydrogens (primary N) is 1. The van der Waals surface area contributed by atoms with Gasteiger partial charge in [0.2, 0.25) is 5.91 Å². The number of phenolic OH excluding ortho intramolecular Hbond substituents is 1. The summed E-state index contributed by atoms with van der Waals surface area (Å²) in [6.45, 7) is 7.48. The molecule has 0 spiro atoms. The van der Waals surface area contributed by atoms with Crippen LogP contribution in [0.2, 0.25) is 5.02 Å². The summed E-state index contributed by atoms with van der Waals surface area (Å²) in [4.78, 5) is 29.0. The molecule has 3 rings (SSSR count). The van der Waals surface area contributed by atoms with Crippen LogP contribution >= 0.6 is 23.4 Å². The number of benzene rings is 2. The number of nitrogen functional groups attached to an aromatic ring is 1. The smallest absolute Gasteiger partial charge is 0.253 e. The van der Waals surface area contributed by atoms with Gasteiger partial charge in [0.05, 0.1) is 9.92 Å². The highest BCUT2D eigenvalue weighted by Crippen LogP contribution is 2.39. The highest BCUT2D eigenvalue weighted by atomic mass is 35.5. The van der Waals surface area contributed by atoms with Crippen LogP contribution in [0.5, 0.6) is 5.75 Å². The molecule has 0 saturated carbocycles. The van der Waals surface area contributed by atoms with Crippen molar-refractivity contribution >= 4 is 46.4 Å². The molecule has 0 radical (unpaired) electrons. The topological polar surface area (TPSA) is 86.9 Å². The van der Waals surface area contributed by atoms with Gasteiger partial charge in [0.15, 0.2) is 0 Å². The molecule has 152 valence electrons. The van der Waals surface area contributed by atoms with Gasteiger partial charge in [-0.1, -0.05) is 36.0 Å². The lowest BCUT2D eigenvalue weighted by Gasteiger charge is -2.34. The van der Waals surface area contributed by atoms with E-state index in [4.69, 9.17) is 17.3 Å². The number of hydrogen-bond donors (Lipinski definition) is 2. The van der Waals surface area contributed by atoms with Crippen LogP contribution in [0.15, 0.2) is 52.8 Å². The van der Waals surface area contributed by atoms with E-state index >= 15 is 0 Å². The minimum atomic E-state index is -0.166. The number of hydrogen-bond acceptors (Lipinski definition) is 5. The Morgan fingerprint density at radius 3 is 2.28 bits per heavy atom. The number of halogens is 1. The lowest BCUT2D eigenvalue weighted by Crippen LogP contribution is -2.50. The van der Waals surface area contributed by atoms with E-state index < -0.39 is 0 Å². The zero-order valence-corrected chi connectivity index (χ0v) is 17.6. The van der Waals surface area contributed by atoms with Gasteiger partial charge in [-0.15, -0.1) is 0 Å². The van der Waals surface area contributed by atoms with Crippen molar-refractivity contribution in [1.29, 1.82) is 0 Å². The van der Waals surface area contributed by atoms with Gasteiger partial charge in [-0.3, -0.25) is 9.59 Å². The molecule has 2 aromatic carbocycles. The third kappa shape index (κ3) is 4.86. The summed E-state index contributed by atoms with van der Waals surface area (Å²) in [6.07, 6.45) is 0. The number of piperazine rings is 1. The number of anilines is 1. The Kier molecular flexibility index (Phi) is 6.39. The first kappa shape index (κ1) is 21.1. The van der Waals surface area contributed by atoms with Crippen LogP contribution in [0.4, 0.5) is 5.69 Å². The van der Waals surface area contributed by atoms with Gasteiger partial charge in [0, 0.05) is 55.3 Å². The maximum atomic E-state index is 12.8. The Morgan fingerprint density at radius 2 is 1.69 bits per heavy atom. The minimum Gasteiger partial charge on any atom is -0.507 e. The van der Waals surface area contributed by atoms with E-state index in [9.17, 15) is 14.7 Å². The highest BCUT2D eigenvalue weighted by molar-refractivity contribution is 7.99. The third-order valence-electron chi connectivity index (χ3n) is 4.75. The minimum absolute atomic E-state index is 0.0166.